The van der Waals surface area contributed by atoms with Gasteiger partial charge in [-0.05, 0) is 44.1 Å². The summed E-state index contributed by atoms with van der Waals surface area (Å²) in [7, 11) is 0. The minimum absolute atomic E-state index is 0.0660. The Hall–Kier alpha value is -1.72. The van der Waals surface area contributed by atoms with Crippen molar-refractivity contribution in [2.45, 2.75) is 37.9 Å². The number of carbonyl (C=O) groups is 1. The average Bonchev–Trinajstić information content (AvgIpc) is 3.20. The maximum absolute atomic E-state index is 12.4. The lowest BCUT2D eigenvalue weighted by Crippen LogP contribution is -2.44. The standard InChI is InChI=1S/C19H22N2O2S/c1-3-18-8-9-19(23-18)12-21(11-15(19)10-18)17(24)20-16(22)14-6-4-13(2)5-7-14/h4-9,15H,3,10-12H2,1-2H3,(H,20,22,24). The van der Waals surface area contributed by atoms with Gasteiger partial charge in [-0.3, -0.25) is 10.1 Å². The molecule has 3 atom stereocenters. The lowest BCUT2D eigenvalue weighted by molar-refractivity contribution is -0.0348. The highest BCUT2D eigenvalue weighted by atomic mass is 32.1. The Labute approximate surface area is 147 Å². The van der Waals surface area contributed by atoms with E-state index in [1.165, 1.54) is 0 Å². The van der Waals surface area contributed by atoms with Gasteiger partial charge >= 0.3 is 0 Å². The van der Waals surface area contributed by atoms with Crippen LogP contribution in [0, 0.1) is 12.8 Å². The van der Waals surface area contributed by atoms with Gasteiger partial charge in [0.1, 0.15) is 5.60 Å². The first-order chi connectivity index (χ1) is 11.5. The van der Waals surface area contributed by atoms with Crippen molar-refractivity contribution in [3.8, 4) is 0 Å². The zero-order valence-electron chi connectivity index (χ0n) is 14.0. The van der Waals surface area contributed by atoms with E-state index >= 15 is 0 Å². The van der Waals surface area contributed by atoms with E-state index in [1.807, 2.05) is 31.2 Å². The van der Waals surface area contributed by atoms with E-state index < -0.39 is 0 Å². The number of carbonyl (C=O) groups excluding carboxylic acids is 1. The zero-order valence-corrected chi connectivity index (χ0v) is 14.9. The second-order valence-corrected chi connectivity index (χ2v) is 7.60. The van der Waals surface area contributed by atoms with Gasteiger partial charge in [0.05, 0.1) is 12.1 Å². The number of aryl methyl sites for hydroxylation is 1. The van der Waals surface area contributed by atoms with Crippen molar-refractivity contribution >= 4 is 23.2 Å². The summed E-state index contributed by atoms with van der Waals surface area (Å²) in [5, 5.41) is 3.36. The number of ether oxygens (including phenoxy) is 1. The minimum Gasteiger partial charge on any atom is -0.358 e. The first-order valence-corrected chi connectivity index (χ1v) is 8.94. The number of amides is 1. The number of benzene rings is 1. The van der Waals surface area contributed by atoms with Crippen LogP contribution in [0.3, 0.4) is 0 Å². The lowest BCUT2D eigenvalue weighted by atomic mass is 9.80. The summed E-state index contributed by atoms with van der Waals surface area (Å²) >= 11 is 5.48. The Morgan fingerprint density at radius 1 is 1.38 bits per heavy atom. The second kappa shape index (κ2) is 5.39. The number of rotatable bonds is 2. The minimum atomic E-state index is -0.214. The molecular formula is C19H22N2O2S. The normalized spacial score (nSPS) is 32.9. The molecule has 2 bridgehead atoms. The molecule has 3 heterocycles. The molecule has 1 aromatic carbocycles. The molecule has 3 unspecified atom stereocenters. The maximum Gasteiger partial charge on any atom is 0.257 e. The number of nitrogens with zero attached hydrogens (tertiary/aromatic N) is 1. The van der Waals surface area contributed by atoms with E-state index in [-0.39, 0.29) is 17.1 Å². The fourth-order valence-electron chi connectivity index (χ4n) is 4.16. The summed E-state index contributed by atoms with van der Waals surface area (Å²) in [6.45, 7) is 5.75. The molecule has 24 heavy (non-hydrogen) atoms. The Morgan fingerprint density at radius 3 is 2.79 bits per heavy atom. The molecule has 3 aliphatic heterocycles. The molecule has 1 amide bonds. The van der Waals surface area contributed by atoms with Crippen molar-refractivity contribution in [2.75, 3.05) is 13.1 Å². The van der Waals surface area contributed by atoms with E-state index in [0.717, 1.165) is 31.5 Å². The van der Waals surface area contributed by atoms with Crippen LogP contribution in [0.4, 0.5) is 0 Å². The number of nitrogens with one attached hydrogen (secondary N) is 1. The van der Waals surface area contributed by atoms with Crippen LogP contribution < -0.4 is 5.32 Å². The molecular weight excluding hydrogens is 320 g/mol. The molecule has 4 rings (SSSR count). The summed E-state index contributed by atoms with van der Waals surface area (Å²) in [4.78, 5) is 14.4. The van der Waals surface area contributed by atoms with Gasteiger partial charge in [0, 0.05) is 18.0 Å². The molecule has 4 nitrogen and oxygen atoms in total. The molecule has 2 fully saturated rings. The van der Waals surface area contributed by atoms with Crippen LogP contribution in [0.5, 0.6) is 0 Å². The summed E-state index contributed by atoms with van der Waals surface area (Å²) in [6.07, 6.45) is 6.50. The third-order valence-corrected chi connectivity index (χ3v) is 6.00. The molecule has 1 spiro atoms. The molecule has 126 valence electrons. The summed E-state index contributed by atoms with van der Waals surface area (Å²) in [6, 6.07) is 7.50. The molecule has 0 aliphatic carbocycles. The van der Waals surface area contributed by atoms with Crippen molar-refractivity contribution in [3.63, 3.8) is 0 Å². The quantitative estimate of drug-likeness (QED) is 0.663. The third-order valence-electron chi connectivity index (χ3n) is 5.64. The van der Waals surface area contributed by atoms with Gasteiger partial charge in [-0.25, -0.2) is 0 Å². The number of thiocarbonyl (C=S) groups is 1. The van der Waals surface area contributed by atoms with Crippen molar-refractivity contribution in [1.82, 2.24) is 10.2 Å². The van der Waals surface area contributed by atoms with Crippen LogP contribution in [0.2, 0.25) is 0 Å². The Morgan fingerprint density at radius 2 is 2.12 bits per heavy atom. The van der Waals surface area contributed by atoms with Gasteiger partial charge in [0.15, 0.2) is 5.11 Å². The predicted octanol–water partition coefficient (Wildman–Crippen LogP) is 2.82. The number of fused-ring (bicyclic) bond motifs is 1. The molecule has 0 saturated carbocycles. The van der Waals surface area contributed by atoms with E-state index in [1.54, 1.807) is 0 Å². The monoisotopic (exact) mass is 342 g/mol. The highest BCUT2D eigenvalue weighted by Gasteiger charge is 2.61. The van der Waals surface area contributed by atoms with Crippen LogP contribution in [0.25, 0.3) is 0 Å². The fraction of sp³-hybridized carbons (Fsp3) is 0.474. The Kier molecular flexibility index (Phi) is 3.55. The van der Waals surface area contributed by atoms with E-state index in [0.29, 0.717) is 16.6 Å². The number of likely N-dealkylation sites (tertiary alicyclic amines) is 1. The molecule has 1 N–H and O–H groups in total. The van der Waals surface area contributed by atoms with Crippen LogP contribution in [-0.4, -0.2) is 40.2 Å². The molecule has 3 aliphatic rings. The Bertz CT molecular complexity index is 729. The topological polar surface area (TPSA) is 41.6 Å². The van der Waals surface area contributed by atoms with Gasteiger partial charge in [-0.1, -0.05) is 36.8 Å². The van der Waals surface area contributed by atoms with Crippen LogP contribution in [-0.2, 0) is 4.74 Å². The van der Waals surface area contributed by atoms with E-state index in [4.69, 9.17) is 17.0 Å². The first-order valence-electron chi connectivity index (χ1n) is 8.53. The largest absolute Gasteiger partial charge is 0.358 e. The second-order valence-electron chi connectivity index (χ2n) is 7.22. The lowest BCUT2D eigenvalue weighted by Gasteiger charge is -2.26. The molecule has 0 aromatic heterocycles. The van der Waals surface area contributed by atoms with Gasteiger partial charge in [0.2, 0.25) is 0 Å². The van der Waals surface area contributed by atoms with Crippen LogP contribution in [0.15, 0.2) is 36.4 Å². The number of hydrogen-bond acceptors (Lipinski definition) is 3. The van der Waals surface area contributed by atoms with Crippen molar-refractivity contribution < 1.29 is 9.53 Å². The molecule has 2 saturated heterocycles. The van der Waals surface area contributed by atoms with Gasteiger partial charge in [0.25, 0.3) is 5.91 Å². The van der Waals surface area contributed by atoms with E-state index in [2.05, 4.69) is 29.3 Å². The van der Waals surface area contributed by atoms with Crippen molar-refractivity contribution in [1.29, 1.82) is 0 Å². The predicted molar refractivity (Wildman–Crippen MR) is 96.9 cm³/mol. The Balaban J connectivity index is 1.42. The summed E-state index contributed by atoms with van der Waals surface area (Å²) < 4.78 is 6.38. The summed E-state index contributed by atoms with van der Waals surface area (Å²) in [5.74, 6) is 0.303. The van der Waals surface area contributed by atoms with Crippen LogP contribution in [0.1, 0.15) is 35.7 Å². The number of hydrogen-bond donors (Lipinski definition) is 1. The van der Waals surface area contributed by atoms with Crippen molar-refractivity contribution in [2.24, 2.45) is 5.92 Å². The molecule has 5 heteroatoms. The average molecular weight is 342 g/mol. The van der Waals surface area contributed by atoms with Crippen molar-refractivity contribution in [3.05, 3.63) is 47.5 Å². The van der Waals surface area contributed by atoms with Gasteiger partial charge in [-0.2, -0.15) is 0 Å². The smallest absolute Gasteiger partial charge is 0.257 e. The third kappa shape index (κ3) is 2.38. The zero-order chi connectivity index (χ0) is 16.9. The molecule has 0 radical (unpaired) electrons. The highest BCUT2D eigenvalue weighted by Crippen LogP contribution is 2.54. The summed E-state index contributed by atoms with van der Waals surface area (Å²) in [5.41, 5.74) is 1.48. The van der Waals surface area contributed by atoms with Crippen LogP contribution >= 0.6 is 12.2 Å². The highest BCUT2D eigenvalue weighted by molar-refractivity contribution is 7.80. The van der Waals surface area contributed by atoms with Gasteiger partial charge in [-0.15, -0.1) is 0 Å². The first kappa shape index (κ1) is 15.8. The fourth-order valence-corrected chi connectivity index (χ4v) is 4.39. The van der Waals surface area contributed by atoms with Gasteiger partial charge < -0.3 is 9.64 Å². The SMILES string of the molecule is CCC12C=CC3(CN(C(=S)NC(=O)c4ccc(C)cc4)CC3C1)O2. The van der Waals surface area contributed by atoms with E-state index in [9.17, 15) is 4.79 Å². The molecule has 1 aromatic rings. The maximum atomic E-state index is 12.4.